The van der Waals surface area contributed by atoms with E-state index >= 15 is 0 Å². The molecule has 42 heavy (non-hydrogen) atoms. The number of hydrogen-bond donors (Lipinski definition) is 2. The normalized spacial score (nSPS) is 12.2. The van der Waals surface area contributed by atoms with Gasteiger partial charge in [0.2, 0.25) is 20.0 Å². The number of carbonyl (C=O) groups excluding carboxylic acids is 1. The molecular weight excluding hydrogens is 644 g/mol. The van der Waals surface area contributed by atoms with Gasteiger partial charge < -0.3 is 4.42 Å². The Balaban J connectivity index is 1.36. The number of rotatable bonds is 13. The van der Waals surface area contributed by atoms with Gasteiger partial charge in [-0.3, -0.25) is 4.79 Å². The van der Waals surface area contributed by atoms with Gasteiger partial charge in [0.05, 0.1) is 29.1 Å². The summed E-state index contributed by atoms with van der Waals surface area (Å²) in [5.74, 6) is -0.0369. The fourth-order valence-electron chi connectivity index (χ4n) is 3.83. The van der Waals surface area contributed by atoms with Gasteiger partial charge >= 0.3 is 0 Å². The van der Waals surface area contributed by atoms with Crippen LogP contribution in [0.4, 0.5) is 0 Å². The highest BCUT2D eigenvalue weighted by atomic mass is 79.9. The maximum Gasteiger partial charge on any atom is 0.255 e. The van der Waals surface area contributed by atoms with Crippen LogP contribution in [-0.2, 0) is 37.8 Å². The summed E-state index contributed by atoms with van der Waals surface area (Å²) in [6, 6.07) is 25.2. The topological polar surface area (TPSA) is 138 Å². The monoisotopic (exact) mass is 672 g/mol. The number of sulfonamides is 2. The molecule has 3 aromatic carbocycles. The number of furan rings is 1. The molecule has 0 bridgehead atoms. The van der Waals surface area contributed by atoms with Gasteiger partial charge in [-0.25, -0.2) is 27.0 Å². The number of benzene rings is 3. The van der Waals surface area contributed by atoms with Crippen LogP contribution in [0.2, 0.25) is 0 Å². The van der Waals surface area contributed by atoms with Crippen molar-refractivity contribution in [3.05, 3.63) is 118 Å². The fraction of sp³-hybridized carbons (Fsp3) is 0.172. The van der Waals surface area contributed by atoms with Crippen molar-refractivity contribution >= 4 is 48.1 Å². The Morgan fingerprint density at radius 2 is 1.57 bits per heavy atom. The van der Waals surface area contributed by atoms with Gasteiger partial charge in [-0.05, 0) is 67.4 Å². The van der Waals surface area contributed by atoms with E-state index < -0.39 is 32.5 Å². The molecule has 0 aliphatic heterocycles. The summed E-state index contributed by atoms with van der Waals surface area (Å²) in [4.78, 5) is 12.9. The standard InChI is InChI=1S/C29H29BrN4O6S2/c1-22-7-13-28(14-8-22)42(38,39)34(18-17-23-5-3-2-4-6-23)21-29(35)33-31-19-25-11-12-26(40-25)20-32-41(36,37)27-15-9-24(30)10-16-27/h2-16,19,32H,17-18,20-21H2,1H3,(H,33,35)/b31-19-. The average molecular weight is 674 g/mol. The van der Waals surface area contributed by atoms with Gasteiger partial charge in [-0.2, -0.15) is 9.41 Å². The van der Waals surface area contributed by atoms with Crippen molar-refractivity contribution in [1.82, 2.24) is 14.5 Å². The van der Waals surface area contributed by atoms with E-state index in [1.807, 2.05) is 37.3 Å². The maximum absolute atomic E-state index is 13.4. The van der Waals surface area contributed by atoms with Crippen molar-refractivity contribution in [2.75, 3.05) is 13.1 Å². The summed E-state index contributed by atoms with van der Waals surface area (Å²) >= 11 is 3.27. The summed E-state index contributed by atoms with van der Waals surface area (Å²) in [7, 11) is -7.69. The zero-order valence-electron chi connectivity index (χ0n) is 22.6. The van der Waals surface area contributed by atoms with Crippen LogP contribution in [0.15, 0.2) is 115 Å². The van der Waals surface area contributed by atoms with Crippen molar-refractivity contribution in [3.8, 4) is 0 Å². The molecule has 0 aliphatic rings. The van der Waals surface area contributed by atoms with Crippen molar-refractivity contribution in [1.29, 1.82) is 0 Å². The lowest BCUT2D eigenvalue weighted by Crippen LogP contribution is -2.40. The van der Waals surface area contributed by atoms with Crippen molar-refractivity contribution in [2.24, 2.45) is 5.10 Å². The third-order valence-corrected chi connectivity index (χ3v) is 9.90. The number of amides is 1. The van der Waals surface area contributed by atoms with E-state index in [0.717, 1.165) is 19.9 Å². The van der Waals surface area contributed by atoms with Gasteiger partial charge in [0.15, 0.2) is 0 Å². The van der Waals surface area contributed by atoms with Crippen molar-refractivity contribution in [2.45, 2.75) is 29.7 Å². The van der Waals surface area contributed by atoms with E-state index in [1.54, 1.807) is 36.4 Å². The van der Waals surface area contributed by atoms with Crippen LogP contribution in [0.1, 0.15) is 22.6 Å². The lowest BCUT2D eigenvalue weighted by Gasteiger charge is -2.21. The number of nitrogens with one attached hydrogen (secondary N) is 2. The molecule has 4 aromatic rings. The minimum atomic E-state index is -3.95. The SMILES string of the molecule is Cc1ccc(S(=O)(=O)N(CCc2ccccc2)CC(=O)N/N=C\c2ccc(CNS(=O)(=O)c3ccc(Br)cc3)o2)cc1. The molecule has 0 radical (unpaired) electrons. The molecule has 0 aliphatic carbocycles. The van der Waals surface area contributed by atoms with Crippen LogP contribution in [0.25, 0.3) is 0 Å². The molecule has 4 rings (SSSR count). The largest absolute Gasteiger partial charge is 0.459 e. The molecular formula is C29H29BrN4O6S2. The van der Waals surface area contributed by atoms with Gasteiger partial charge in [0.1, 0.15) is 11.5 Å². The Hall–Kier alpha value is -3.62. The van der Waals surface area contributed by atoms with E-state index in [0.29, 0.717) is 12.2 Å². The highest BCUT2D eigenvalue weighted by Crippen LogP contribution is 2.18. The van der Waals surface area contributed by atoms with Gasteiger partial charge in [-0.1, -0.05) is 64.0 Å². The smallest absolute Gasteiger partial charge is 0.255 e. The minimum absolute atomic E-state index is 0.0914. The summed E-state index contributed by atoms with van der Waals surface area (Å²) in [6.45, 7) is 1.42. The molecule has 0 unspecified atom stereocenters. The minimum Gasteiger partial charge on any atom is -0.459 e. The second kappa shape index (κ2) is 14.0. The molecule has 0 spiro atoms. The van der Waals surface area contributed by atoms with Crippen LogP contribution in [-0.4, -0.2) is 46.4 Å². The van der Waals surface area contributed by atoms with E-state index in [-0.39, 0.29) is 28.6 Å². The quantitative estimate of drug-likeness (QED) is 0.161. The summed E-state index contributed by atoms with van der Waals surface area (Å²) in [5, 5.41) is 3.87. The molecule has 1 aromatic heterocycles. The first-order chi connectivity index (χ1) is 20.0. The average Bonchev–Trinajstić information content (AvgIpc) is 3.43. The molecule has 0 atom stereocenters. The second-order valence-electron chi connectivity index (χ2n) is 9.26. The molecule has 10 nitrogen and oxygen atoms in total. The Bertz CT molecular complexity index is 1740. The number of halogens is 1. The van der Waals surface area contributed by atoms with Gasteiger partial charge in [0, 0.05) is 11.0 Å². The lowest BCUT2D eigenvalue weighted by molar-refractivity contribution is -0.121. The first-order valence-electron chi connectivity index (χ1n) is 12.8. The van der Waals surface area contributed by atoms with Gasteiger partial charge in [-0.15, -0.1) is 0 Å². The van der Waals surface area contributed by atoms with E-state index in [1.165, 1.54) is 30.5 Å². The third-order valence-electron chi connectivity index (χ3n) is 6.10. The molecule has 220 valence electrons. The van der Waals surface area contributed by atoms with Crippen molar-refractivity contribution < 1.29 is 26.0 Å². The molecule has 13 heteroatoms. The summed E-state index contributed by atoms with van der Waals surface area (Å²) in [5.41, 5.74) is 4.19. The Labute approximate surface area is 253 Å². The Morgan fingerprint density at radius 1 is 0.905 bits per heavy atom. The van der Waals surface area contributed by atoms with Crippen molar-refractivity contribution in [3.63, 3.8) is 0 Å². The van der Waals surface area contributed by atoms with Crippen LogP contribution in [0.3, 0.4) is 0 Å². The number of hydrazone groups is 1. The highest BCUT2D eigenvalue weighted by molar-refractivity contribution is 9.10. The molecule has 1 amide bonds. The van der Waals surface area contributed by atoms with Crippen LogP contribution in [0.5, 0.6) is 0 Å². The van der Waals surface area contributed by atoms with Crippen LogP contribution in [0, 0.1) is 6.92 Å². The highest BCUT2D eigenvalue weighted by Gasteiger charge is 2.26. The number of nitrogens with zero attached hydrogens (tertiary/aromatic N) is 2. The van der Waals surface area contributed by atoms with Gasteiger partial charge in [0.25, 0.3) is 5.91 Å². The molecule has 0 saturated heterocycles. The van der Waals surface area contributed by atoms with Crippen LogP contribution < -0.4 is 10.1 Å². The number of carbonyl (C=O) groups is 1. The zero-order chi connectivity index (χ0) is 30.2. The predicted molar refractivity (Wildman–Crippen MR) is 163 cm³/mol. The Morgan fingerprint density at radius 3 is 2.26 bits per heavy atom. The predicted octanol–water partition coefficient (Wildman–Crippen LogP) is 4.21. The first kappa shape index (κ1) is 31.3. The fourth-order valence-corrected chi connectivity index (χ4v) is 6.48. The number of aryl methyl sites for hydroxylation is 1. The first-order valence-corrected chi connectivity index (χ1v) is 16.5. The molecule has 2 N–H and O–H groups in total. The second-order valence-corrected chi connectivity index (χ2v) is 13.9. The van der Waals surface area contributed by atoms with E-state index in [9.17, 15) is 21.6 Å². The Kier molecular flexibility index (Phi) is 10.5. The molecule has 0 fully saturated rings. The summed E-state index contributed by atoms with van der Waals surface area (Å²) < 4.78 is 61.6. The van der Waals surface area contributed by atoms with E-state index in [4.69, 9.17) is 4.42 Å². The van der Waals surface area contributed by atoms with Crippen LogP contribution >= 0.6 is 15.9 Å². The summed E-state index contributed by atoms with van der Waals surface area (Å²) in [6.07, 6.45) is 1.66. The van der Waals surface area contributed by atoms with E-state index in [2.05, 4.69) is 31.2 Å². The lowest BCUT2D eigenvalue weighted by atomic mass is 10.1. The molecule has 0 saturated carbocycles. The zero-order valence-corrected chi connectivity index (χ0v) is 25.8. The number of hydrogen-bond acceptors (Lipinski definition) is 7. The third kappa shape index (κ3) is 8.69. The molecule has 1 heterocycles. The maximum atomic E-state index is 13.4.